The van der Waals surface area contributed by atoms with E-state index in [-0.39, 0.29) is 5.41 Å². The minimum atomic E-state index is -0.00226. The molecule has 0 N–H and O–H groups in total. The Hall–Kier alpha value is -0.770. The molecule has 0 aliphatic carbocycles. The van der Waals surface area contributed by atoms with Crippen LogP contribution in [0.25, 0.3) is 0 Å². The summed E-state index contributed by atoms with van der Waals surface area (Å²) in [5.41, 5.74) is 2.36. The van der Waals surface area contributed by atoms with Crippen molar-refractivity contribution in [3.8, 4) is 10.9 Å². The monoisotopic (exact) mass is 329 g/mol. The third kappa shape index (κ3) is 3.46. The van der Waals surface area contributed by atoms with Crippen LogP contribution in [0.4, 0.5) is 0 Å². The van der Waals surface area contributed by atoms with E-state index in [0.717, 1.165) is 16.2 Å². The zero-order valence-corrected chi connectivity index (χ0v) is 14.3. The van der Waals surface area contributed by atoms with E-state index in [1.165, 1.54) is 16.9 Å². The highest BCUT2D eigenvalue weighted by Crippen LogP contribution is 2.38. The van der Waals surface area contributed by atoms with Gasteiger partial charge in [0, 0.05) is 5.56 Å². The fourth-order valence-electron chi connectivity index (χ4n) is 1.85. The number of nitrogens with zero attached hydrogens (tertiary/aromatic N) is 1. The normalized spacial score (nSPS) is 11.7. The molecule has 20 heavy (non-hydrogen) atoms. The Morgan fingerprint density at radius 1 is 1.30 bits per heavy atom. The number of thiazole rings is 1. The number of rotatable bonds is 3. The Bertz CT molecular complexity index is 617. The van der Waals surface area contributed by atoms with Crippen molar-refractivity contribution in [1.29, 1.82) is 0 Å². The van der Waals surface area contributed by atoms with Gasteiger partial charge < -0.3 is 4.74 Å². The molecule has 0 unspecified atom stereocenters. The first-order valence-electron chi connectivity index (χ1n) is 6.31. The summed E-state index contributed by atoms with van der Waals surface area (Å²) >= 11 is 13.2. The molecule has 0 fully saturated rings. The van der Waals surface area contributed by atoms with Crippen LogP contribution in [0.2, 0.25) is 5.15 Å². The molecular weight excluding hydrogens is 313 g/mol. The fourth-order valence-corrected chi connectivity index (χ4v) is 3.18. The minimum absolute atomic E-state index is 0.00226. The lowest BCUT2D eigenvalue weighted by atomic mass is 9.85. The van der Waals surface area contributed by atoms with Crippen LogP contribution in [0.5, 0.6) is 10.9 Å². The number of alkyl halides is 1. The van der Waals surface area contributed by atoms with Crippen LogP contribution in [0.15, 0.2) is 18.2 Å². The second kappa shape index (κ2) is 5.92. The van der Waals surface area contributed by atoms with E-state index in [1.807, 2.05) is 12.1 Å². The van der Waals surface area contributed by atoms with Gasteiger partial charge in [-0.15, -0.1) is 11.6 Å². The Labute approximate surface area is 133 Å². The standard InChI is InChI=1S/C15H17Cl2NOS/c1-9-5-6-11(10(7-9)15(2,3)4)19-14-18-13(17)12(8-16)20-14/h5-7H,8H2,1-4H3. The Morgan fingerprint density at radius 2 is 2.00 bits per heavy atom. The molecule has 2 rings (SSSR count). The summed E-state index contributed by atoms with van der Waals surface area (Å²) in [7, 11) is 0. The van der Waals surface area contributed by atoms with Crippen molar-refractivity contribution in [1.82, 2.24) is 4.98 Å². The molecule has 0 aliphatic rings. The van der Waals surface area contributed by atoms with Crippen molar-refractivity contribution in [2.45, 2.75) is 39.0 Å². The maximum absolute atomic E-state index is 6.00. The van der Waals surface area contributed by atoms with Crippen LogP contribution in [-0.2, 0) is 11.3 Å². The number of ether oxygens (including phenoxy) is 1. The van der Waals surface area contributed by atoms with Gasteiger partial charge in [-0.3, -0.25) is 0 Å². The van der Waals surface area contributed by atoms with Gasteiger partial charge in [-0.1, -0.05) is 61.4 Å². The lowest BCUT2D eigenvalue weighted by molar-refractivity contribution is 0.452. The molecule has 0 amide bonds. The van der Waals surface area contributed by atoms with Gasteiger partial charge in [0.15, 0.2) is 0 Å². The summed E-state index contributed by atoms with van der Waals surface area (Å²) in [5, 5.41) is 0.949. The molecule has 0 saturated carbocycles. The first-order chi connectivity index (χ1) is 9.31. The van der Waals surface area contributed by atoms with Gasteiger partial charge in [-0.2, -0.15) is 4.98 Å². The molecule has 1 aromatic heterocycles. The maximum Gasteiger partial charge on any atom is 0.280 e. The summed E-state index contributed by atoms with van der Waals surface area (Å²) in [6.07, 6.45) is 0. The van der Waals surface area contributed by atoms with Crippen molar-refractivity contribution < 1.29 is 4.74 Å². The highest BCUT2D eigenvalue weighted by molar-refractivity contribution is 7.14. The molecule has 5 heteroatoms. The van der Waals surface area contributed by atoms with Gasteiger partial charge >= 0.3 is 0 Å². The second-order valence-electron chi connectivity index (χ2n) is 5.68. The lowest BCUT2D eigenvalue weighted by Gasteiger charge is -2.22. The molecule has 0 aliphatic heterocycles. The minimum Gasteiger partial charge on any atom is -0.431 e. The first-order valence-corrected chi connectivity index (χ1v) is 8.04. The van der Waals surface area contributed by atoms with Crippen LogP contribution in [0, 0.1) is 6.92 Å². The second-order valence-corrected chi connectivity index (χ2v) is 7.35. The Kier molecular flexibility index (Phi) is 4.62. The number of hydrogen-bond donors (Lipinski definition) is 0. The smallest absolute Gasteiger partial charge is 0.280 e. The van der Waals surface area contributed by atoms with Crippen molar-refractivity contribution >= 4 is 34.5 Å². The summed E-state index contributed by atoms with van der Waals surface area (Å²) in [5.74, 6) is 1.16. The van der Waals surface area contributed by atoms with Gasteiger partial charge in [0.25, 0.3) is 5.19 Å². The number of aryl methyl sites for hydroxylation is 1. The first kappa shape index (κ1) is 15.6. The van der Waals surface area contributed by atoms with E-state index in [2.05, 4.69) is 38.7 Å². The summed E-state index contributed by atoms with van der Waals surface area (Å²) in [4.78, 5) is 5.03. The number of aromatic nitrogens is 1. The predicted molar refractivity (Wildman–Crippen MR) is 86.6 cm³/mol. The van der Waals surface area contributed by atoms with Crippen LogP contribution < -0.4 is 4.74 Å². The van der Waals surface area contributed by atoms with E-state index in [1.54, 1.807) is 0 Å². The van der Waals surface area contributed by atoms with E-state index in [4.69, 9.17) is 27.9 Å². The predicted octanol–water partition coefficient (Wildman–Crippen LogP) is 5.93. The molecule has 0 spiro atoms. The van der Waals surface area contributed by atoms with Crippen molar-refractivity contribution in [3.63, 3.8) is 0 Å². The number of hydrogen-bond acceptors (Lipinski definition) is 3. The molecular formula is C15H17Cl2NOS. The van der Waals surface area contributed by atoms with Gasteiger partial charge in [0.2, 0.25) is 0 Å². The zero-order chi connectivity index (χ0) is 14.9. The van der Waals surface area contributed by atoms with Gasteiger partial charge in [0.05, 0.1) is 10.8 Å². The molecule has 0 radical (unpaired) electrons. The van der Waals surface area contributed by atoms with Gasteiger partial charge in [0.1, 0.15) is 10.9 Å². The maximum atomic E-state index is 6.00. The Morgan fingerprint density at radius 3 is 2.55 bits per heavy atom. The van der Waals surface area contributed by atoms with Crippen LogP contribution >= 0.6 is 34.5 Å². The summed E-state index contributed by atoms with van der Waals surface area (Å²) in [6, 6.07) is 6.15. The quantitative estimate of drug-likeness (QED) is 0.650. The van der Waals surface area contributed by atoms with Crippen molar-refractivity contribution in [3.05, 3.63) is 39.4 Å². The number of halogens is 2. The summed E-state index contributed by atoms with van der Waals surface area (Å²) in [6.45, 7) is 8.56. The average Bonchev–Trinajstić information content (AvgIpc) is 2.70. The molecule has 0 atom stereocenters. The Balaban J connectivity index is 2.38. The van der Waals surface area contributed by atoms with Crippen LogP contribution in [-0.4, -0.2) is 4.98 Å². The topological polar surface area (TPSA) is 22.1 Å². The fraction of sp³-hybridized carbons (Fsp3) is 0.400. The van der Waals surface area contributed by atoms with Crippen molar-refractivity contribution in [2.24, 2.45) is 0 Å². The van der Waals surface area contributed by atoms with Crippen molar-refractivity contribution in [2.75, 3.05) is 0 Å². The molecule has 1 heterocycles. The van der Waals surface area contributed by atoms with E-state index in [0.29, 0.717) is 16.2 Å². The van der Waals surface area contributed by atoms with Gasteiger partial charge in [-0.05, 0) is 18.4 Å². The zero-order valence-electron chi connectivity index (χ0n) is 12.0. The SMILES string of the molecule is Cc1ccc(Oc2nc(Cl)c(CCl)s2)c(C(C)(C)C)c1. The third-order valence-electron chi connectivity index (χ3n) is 2.89. The largest absolute Gasteiger partial charge is 0.431 e. The number of benzene rings is 1. The van der Waals surface area contributed by atoms with E-state index < -0.39 is 0 Å². The highest BCUT2D eigenvalue weighted by Gasteiger charge is 2.20. The van der Waals surface area contributed by atoms with Gasteiger partial charge in [-0.25, -0.2) is 0 Å². The lowest BCUT2D eigenvalue weighted by Crippen LogP contribution is -2.12. The van der Waals surface area contributed by atoms with E-state index >= 15 is 0 Å². The molecule has 2 nitrogen and oxygen atoms in total. The molecule has 2 aromatic rings. The van der Waals surface area contributed by atoms with Crippen LogP contribution in [0.1, 0.15) is 36.8 Å². The molecule has 0 saturated heterocycles. The molecule has 0 bridgehead atoms. The average molecular weight is 330 g/mol. The molecule has 108 valence electrons. The van der Waals surface area contributed by atoms with Crippen LogP contribution in [0.3, 0.4) is 0 Å². The third-order valence-corrected chi connectivity index (χ3v) is 4.68. The molecule has 1 aromatic carbocycles. The van der Waals surface area contributed by atoms with E-state index in [9.17, 15) is 0 Å². The highest BCUT2D eigenvalue weighted by atomic mass is 35.5. The summed E-state index contributed by atoms with van der Waals surface area (Å²) < 4.78 is 5.92.